The van der Waals surface area contributed by atoms with E-state index in [0.717, 1.165) is 5.56 Å². The fraction of sp³-hybridized carbons (Fsp3) is 0.429. The van der Waals surface area contributed by atoms with Crippen molar-refractivity contribution in [1.82, 2.24) is 4.90 Å². The van der Waals surface area contributed by atoms with Crippen LogP contribution in [-0.2, 0) is 14.3 Å². The van der Waals surface area contributed by atoms with Crippen LogP contribution in [0.2, 0.25) is 5.02 Å². The summed E-state index contributed by atoms with van der Waals surface area (Å²) >= 11 is 6.16. The van der Waals surface area contributed by atoms with Crippen LogP contribution in [0, 0.1) is 6.92 Å². The number of amides is 1. The Bertz CT molecular complexity index is 532. The summed E-state index contributed by atoms with van der Waals surface area (Å²) in [6.45, 7) is 2.75. The second kappa shape index (κ2) is 6.24. The van der Waals surface area contributed by atoms with E-state index in [9.17, 15) is 9.59 Å². The predicted molar refractivity (Wildman–Crippen MR) is 73.8 cm³/mol. The van der Waals surface area contributed by atoms with Crippen LogP contribution in [0.25, 0.3) is 0 Å². The number of morpholine rings is 1. The lowest BCUT2D eigenvalue weighted by molar-refractivity contribution is -0.158. The Balaban J connectivity index is 2.16. The van der Waals surface area contributed by atoms with Crippen molar-refractivity contribution < 1.29 is 19.1 Å². The molecule has 1 unspecified atom stereocenters. The van der Waals surface area contributed by atoms with Crippen molar-refractivity contribution in [3.8, 4) is 0 Å². The van der Waals surface area contributed by atoms with Crippen LogP contribution in [-0.4, -0.2) is 49.7 Å². The van der Waals surface area contributed by atoms with Crippen molar-refractivity contribution >= 4 is 23.5 Å². The van der Waals surface area contributed by atoms with Crippen molar-refractivity contribution in [2.75, 3.05) is 26.8 Å². The summed E-state index contributed by atoms with van der Waals surface area (Å²) in [6, 6.07) is 5.31. The van der Waals surface area contributed by atoms with Gasteiger partial charge in [-0.25, -0.2) is 4.79 Å². The smallest absolute Gasteiger partial charge is 0.336 e. The summed E-state index contributed by atoms with van der Waals surface area (Å²) in [4.78, 5) is 25.5. The quantitative estimate of drug-likeness (QED) is 0.779. The Kier molecular flexibility index (Phi) is 4.62. The highest BCUT2D eigenvalue weighted by Crippen LogP contribution is 2.22. The fourth-order valence-electron chi connectivity index (χ4n) is 2.09. The number of ether oxygens (including phenoxy) is 2. The Labute approximate surface area is 122 Å². The van der Waals surface area contributed by atoms with Crippen LogP contribution in [0.4, 0.5) is 0 Å². The molecule has 1 heterocycles. The molecule has 1 atom stereocenters. The van der Waals surface area contributed by atoms with Gasteiger partial charge in [0.1, 0.15) is 0 Å². The second-order valence-electron chi connectivity index (χ2n) is 4.57. The van der Waals surface area contributed by atoms with Crippen LogP contribution in [0.5, 0.6) is 0 Å². The molecular formula is C14H16ClNO4. The van der Waals surface area contributed by atoms with Gasteiger partial charge < -0.3 is 14.4 Å². The summed E-state index contributed by atoms with van der Waals surface area (Å²) in [7, 11) is 1.30. The Hall–Kier alpha value is -1.59. The zero-order chi connectivity index (χ0) is 14.7. The monoisotopic (exact) mass is 297 g/mol. The van der Waals surface area contributed by atoms with Gasteiger partial charge in [0.05, 0.1) is 30.8 Å². The number of carbonyl (C=O) groups excluding carboxylic acids is 2. The number of rotatable bonds is 2. The van der Waals surface area contributed by atoms with Gasteiger partial charge in [0.2, 0.25) is 0 Å². The van der Waals surface area contributed by atoms with Crippen LogP contribution < -0.4 is 0 Å². The average Bonchev–Trinajstić information content (AvgIpc) is 2.48. The van der Waals surface area contributed by atoms with Gasteiger partial charge in [-0.2, -0.15) is 0 Å². The maximum Gasteiger partial charge on any atom is 0.336 e. The molecule has 1 saturated heterocycles. The van der Waals surface area contributed by atoms with Crippen molar-refractivity contribution in [3.05, 3.63) is 34.3 Å². The number of methoxy groups -OCH3 is 1. The lowest BCUT2D eigenvalue weighted by atomic mass is 10.1. The van der Waals surface area contributed by atoms with E-state index >= 15 is 0 Å². The Morgan fingerprint density at radius 1 is 1.45 bits per heavy atom. The number of hydrogen-bond donors (Lipinski definition) is 0. The molecule has 6 heteroatoms. The Morgan fingerprint density at radius 2 is 2.20 bits per heavy atom. The minimum absolute atomic E-state index is 0.176. The molecule has 1 aromatic carbocycles. The largest absolute Gasteiger partial charge is 0.467 e. The molecule has 5 nitrogen and oxygen atoms in total. The summed E-state index contributed by atoms with van der Waals surface area (Å²) in [5, 5.41) is 0.443. The van der Waals surface area contributed by atoms with Crippen LogP contribution in [0.1, 0.15) is 15.9 Å². The molecule has 1 aromatic rings. The maximum absolute atomic E-state index is 12.5. The molecule has 20 heavy (non-hydrogen) atoms. The first kappa shape index (κ1) is 14.8. The van der Waals surface area contributed by atoms with E-state index in [1.807, 2.05) is 13.0 Å². The number of benzene rings is 1. The normalized spacial score (nSPS) is 18.8. The van der Waals surface area contributed by atoms with E-state index in [-0.39, 0.29) is 12.5 Å². The average molecular weight is 298 g/mol. The van der Waals surface area contributed by atoms with Crippen molar-refractivity contribution in [2.24, 2.45) is 0 Å². The second-order valence-corrected chi connectivity index (χ2v) is 4.95. The van der Waals surface area contributed by atoms with E-state index in [4.69, 9.17) is 16.3 Å². The van der Waals surface area contributed by atoms with Gasteiger partial charge in [0, 0.05) is 6.54 Å². The first-order valence-electron chi connectivity index (χ1n) is 6.28. The number of halogens is 1. The number of nitrogens with zero attached hydrogens (tertiary/aromatic N) is 1. The van der Waals surface area contributed by atoms with Crippen LogP contribution >= 0.6 is 11.6 Å². The topological polar surface area (TPSA) is 55.8 Å². The van der Waals surface area contributed by atoms with Gasteiger partial charge in [0.15, 0.2) is 6.10 Å². The minimum atomic E-state index is -0.735. The van der Waals surface area contributed by atoms with E-state index in [1.165, 1.54) is 7.11 Å². The molecule has 0 spiro atoms. The molecule has 1 aliphatic heterocycles. The van der Waals surface area contributed by atoms with Crippen molar-refractivity contribution in [2.45, 2.75) is 13.0 Å². The van der Waals surface area contributed by atoms with Gasteiger partial charge in [-0.3, -0.25) is 4.79 Å². The third-order valence-corrected chi connectivity index (χ3v) is 3.74. The van der Waals surface area contributed by atoms with Gasteiger partial charge >= 0.3 is 5.97 Å². The molecule has 1 fully saturated rings. The summed E-state index contributed by atoms with van der Waals surface area (Å²) in [5.41, 5.74) is 1.28. The van der Waals surface area contributed by atoms with Crippen molar-refractivity contribution in [1.29, 1.82) is 0 Å². The zero-order valence-electron chi connectivity index (χ0n) is 11.4. The summed E-state index contributed by atoms with van der Waals surface area (Å²) < 4.78 is 9.94. The number of esters is 1. The molecule has 0 aliphatic carbocycles. The maximum atomic E-state index is 12.5. The first-order valence-corrected chi connectivity index (χ1v) is 6.66. The lowest BCUT2D eigenvalue weighted by Crippen LogP contribution is -2.49. The predicted octanol–water partition coefficient (Wildman–Crippen LogP) is 1.66. The van der Waals surface area contributed by atoms with Gasteiger partial charge in [-0.05, 0) is 18.6 Å². The molecule has 1 aliphatic rings. The minimum Gasteiger partial charge on any atom is -0.467 e. The highest BCUT2D eigenvalue weighted by atomic mass is 35.5. The summed E-state index contributed by atoms with van der Waals surface area (Å²) in [6.07, 6.45) is -0.735. The van der Waals surface area contributed by atoms with E-state index < -0.39 is 12.1 Å². The van der Waals surface area contributed by atoms with E-state index in [0.29, 0.717) is 23.7 Å². The number of hydrogen-bond acceptors (Lipinski definition) is 4. The van der Waals surface area contributed by atoms with E-state index in [1.54, 1.807) is 17.0 Å². The highest BCUT2D eigenvalue weighted by molar-refractivity contribution is 6.34. The molecule has 0 N–H and O–H groups in total. The van der Waals surface area contributed by atoms with Crippen molar-refractivity contribution in [3.63, 3.8) is 0 Å². The van der Waals surface area contributed by atoms with Gasteiger partial charge in [-0.1, -0.05) is 23.7 Å². The van der Waals surface area contributed by atoms with Gasteiger partial charge in [0.25, 0.3) is 5.91 Å². The van der Waals surface area contributed by atoms with Crippen LogP contribution in [0.15, 0.2) is 18.2 Å². The molecule has 0 saturated carbocycles. The zero-order valence-corrected chi connectivity index (χ0v) is 12.1. The fourth-order valence-corrected chi connectivity index (χ4v) is 2.30. The number of aryl methyl sites for hydroxylation is 1. The van der Waals surface area contributed by atoms with E-state index in [2.05, 4.69) is 4.74 Å². The van der Waals surface area contributed by atoms with Gasteiger partial charge in [-0.15, -0.1) is 0 Å². The number of carbonyl (C=O) groups is 2. The first-order chi connectivity index (χ1) is 9.54. The third kappa shape index (κ3) is 2.94. The SMILES string of the molecule is COC(=O)C1CN(C(=O)c2cccc(C)c2Cl)CCO1. The molecule has 108 valence electrons. The Morgan fingerprint density at radius 3 is 2.90 bits per heavy atom. The molecule has 1 amide bonds. The third-order valence-electron chi connectivity index (χ3n) is 3.24. The highest BCUT2D eigenvalue weighted by Gasteiger charge is 2.31. The van der Waals surface area contributed by atoms with Crippen LogP contribution in [0.3, 0.4) is 0 Å². The molecule has 0 bridgehead atoms. The molecular weight excluding hydrogens is 282 g/mol. The molecule has 0 aromatic heterocycles. The standard InChI is InChI=1S/C14H16ClNO4/c1-9-4-3-5-10(12(9)15)13(17)16-6-7-20-11(8-16)14(18)19-2/h3-5,11H,6-8H2,1-2H3. The lowest BCUT2D eigenvalue weighted by Gasteiger charge is -2.31. The molecule has 0 radical (unpaired) electrons. The summed E-state index contributed by atoms with van der Waals surface area (Å²) in [5.74, 6) is -0.672. The molecule has 2 rings (SSSR count).